The zero-order valence-electron chi connectivity index (χ0n) is 11.5. The Balaban J connectivity index is 2.24. The number of para-hydroxylation sites is 1. The second-order valence-electron chi connectivity index (χ2n) is 4.94. The molecule has 0 spiro atoms. The highest BCUT2D eigenvalue weighted by atomic mass is 16.2. The highest BCUT2D eigenvalue weighted by molar-refractivity contribution is 5.93. The van der Waals surface area contributed by atoms with E-state index in [-0.39, 0.29) is 6.03 Å². The fourth-order valence-corrected chi connectivity index (χ4v) is 2.34. The minimum Gasteiger partial charge on any atom is -0.325 e. The molecule has 2 atom stereocenters. The van der Waals surface area contributed by atoms with E-state index < -0.39 is 0 Å². The zero-order chi connectivity index (χ0) is 13.1. The van der Waals surface area contributed by atoms with Crippen molar-refractivity contribution in [2.24, 2.45) is 5.92 Å². The molecular formula is C15H22N2O. The fourth-order valence-electron chi connectivity index (χ4n) is 2.34. The third-order valence-corrected chi connectivity index (χ3v) is 3.67. The van der Waals surface area contributed by atoms with Gasteiger partial charge < -0.3 is 4.90 Å². The van der Waals surface area contributed by atoms with Crippen LogP contribution in [-0.4, -0.2) is 30.1 Å². The molecule has 1 saturated carbocycles. The van der Waals surface area contributed by atoms with Crippen molar-refractivity contribution in [1.82, 2.24) is 4.90 Å². The highest BCUT2D eigenvalue weighted by Crippen LogP contribution is 2.38. The molecule has 2 amide bonds. The Morgan fingerprint density at radius 1 is 1.22 bits per heavy atom. The van der Waals surface area contributed by atoms with Crippen molar-refractivity contribution in [3.05, 3.63) is 30.3 Å². The van der Waals surface area contributed by atoms with Crippen molar-refractivity contribution in [2.45, 2.75) is 33.2 Å². The van der Waals surface area contributed by atoms with E-state index in [0.29, 0.717) is 12.0 Å². The molecular weight excluding hydrogens is 224 g/mol. The summed E-state index contributed by atoms with van der Waals surface area (Å²) in [4.78, 5) is 16.4. The van der Waals surface area contributed by atoms with E-state index in [1.807, 2.05) is 54.0 Å². The number of nitrogens with zero attached hydrogens (tertiary/aromatic N) is 2. The quantitative estimate of drug-likeness (QED) is 0.799. The number of anilines is 1. The number of benzene rings is 1. The van der Waals surface area contributed by atoms with Crippen molar-refractivity contribution < 1.29 is 4.79 Å². The van der Waals surface area contributed by atoms with Crippen LogP contribution in [0.15, 0.2) is 30.3 Å². The van der Waals surface area contributed by atoms with Gasteiger partial charge in [-0.3, -0.25) is 4.90 Å². The Kier molecular flexibility index (Phi) is 3.90. The first-order chi connectivity index (χ1) is 8.69. The predicted octanol–water partition coefficient (Wildman–Crippen LogP) is 3.36. The van der Waals surface area contributed by atoms with Gasteiger partial charge in [-0.2, -0.15) is 0 Å². The maximum Gasteiger partial charge on any atom is 0.324 e. The van der Waals surface area contributed by atoms with Crippen LogP contribution < -0.4 is 4.90 Å². The molecule has 0 heterocycles. The summed E-state index contributed by atoms with van der Waals surface area (Å²) < 4.78 is 0. The lowest BCUT2D eigenvalue weighted by Gasteiger charge is -2.29. The third-order valence-electron chi connectivity index (χ3n) is 3.67. The molecule has 0 aromatic heterocycles. The smallest absolute Gasteiger partial charge is 0.324 e. The summed E-state index contributed by atoms with van der Waals surface area (Å²) in [6, 6.07) is 10.5. The Morgan fingerprint density at radius 2 is 1.78 bits per heavy atom. The maximum atomic E-state index is 12.6. The van der Waals surface area contributed by atoms with Crippen molar-refractivity contribution in [3.8, 4) is 0 Å². The van der Waals surface area contributed by atoms with E-state index in [1.165, 1.54) is 0 Å². The second kappa shape index (κ2) is 5.42. The molecule has 0 N–H and O–H groups in total. The fraction of sp³-hybridized carbons (Fsp3) is 0.533. The monoisotopic (exact) mass is 246 g/mol. The normalized spacial score (nSPS) is 21.5. The molecule has 18 heavy (non-hydrogen) atoms. The molecule has 2 unspecified atom stereocenters. The summed E-state index contributed by atoms with van der Waals surface area (Å²) in [6.45, 7) is 7.79. The van der Waals surface area contributed by atoms with E-state index in [0.717, 1.165) is 25.2 Å². The third kappa shape index (κ3) is 2.50. The van der Waals surface area contributed by atoms with Gasteiger partial charge in [-0.25, -0.2) is 4.79 Å². The largest absolute Gasteiger partial charge is 0.325 e. The van der Waals surface area contributed by atoms with Crippen LogP contribution >= 0.6 is 0 Å². The van der Waals surface area contributed by atoms with Gasteiger partial charge in [-0.1, -0.05) is 25.1 Å². The van der Waals surface area contributed by atoms with Crippen LogP contribution in [0.25, 0.3) is 0 Å². The van der Waals surface area contributed by atoms with Gasteiger partial charge in [0.2, 0.25) is 0 Å². The summed E-state index contributed by atoms with van der Waals surface area (Å²) >= 11 is 0. The zero-order valence-corrected chi connectivity index (χ0v) is 11.5. The van der Waals surface area contributed by atoms with Crippen LogP contribution in [0.1, 0.15) is 27.2 Å². The number of carbonyl (C=O) groups is 1. The van der Waals surface area contributed by atoms with Gasteiger partial charge in [0.1, 0.15) is 0 Å². The van der Waals surface area contributed by atoms with Crippen LogP contribution in [0.4, 0.5) is 10.5 Å². The van der Waals surface area contributed by atoms with Gasteiger partial charge in [0, 0.05) is 24.8 Å². The second-order valence-corrected chi connectivity index (χ2v) is 4.94. The number of amides is 2. The average Bonchev–Trinajstić information content (AvgIpc) is 3.09. The van der Waals surface area contributed by atoms with Gasteiger partial charge in [0.25, 0.3) is 0 Å². The van der Waals surface area contributed by atoms with Gasteiger partial charge in [0.05, 0.1) is 0 Å². The molecule has 0 radical (unpaired) electrons. The SMILES string of the molecule is CCN(CC)C(=O)N(c1ccccc1)C1CC1C. The van der Waals surface area contributed by atoms with E-state index >= 15 is 0 Å². The van der Waals surface area contributed by atoms with Gasteiger partial charge in [0.15, 0.2) is 0 Å². The summed E-state index contributed by atoms with van der Waals surface area (Å²) in [5, 5.41) is 0. The molecule has 0 aliphatic heterocycles. The number of rotatable bonds is 4. The van der Waals surface area contributed by atoms with Gasteiger partial charge in [-0.05, 0) is 38.3 Å². The van der Waals surface area contributed by atoms with Crippen molar-refractivity contribution in [3.63, 3.8) is 0 Å². The number of urea groups is 1. The van der Waals surface area contributed by atoms with Crippen molar-refractivity contribution in [1.29, 1.82) is 0 Å². The Bertz CT molecular complexity index is 400. The summed E-state index contributed by atoms with van der Waals surface area (Å²) in [6.07, 6.45) is 1.11. The topological polar surface area (TPSA) is 23.6 Å². The van der Waals surface area contributed by atoms with E-state index in [9.17, 15) is 4.79 Å². The first kappa shape index (κ1) is 12.9. The predicted molar refractivity (Wildman–Crippen MR) is 74.8 cm³/mol. The molecule has 0 saturated heterocycles. The van der Waals surface area contributed by atoms with Crippen LogP contribution in [0.5, 0.6) is 0 Å². The minimum absolute atomic E-state index is 0.139. The summed E-state index contributed by atoms with van der Waals surface area (Å²) in [5.41, 5.74) is 1.02. The Morgan fingerprint density at radius 3 is 2.22 bits per heavy atom. The molecule has 2 rings (SSSR count). The Hall–Kier alpha value is -1.51. The number of carbonyl (C=O) groups excluding carboxylic acids is 1. The molecule has 3 heteroatoms. The van der Waals surface area contributed by atoms with Gasteiger partial charge in [-0.15, -0.1) is 0 Å². The average molecular weight is 246 g/mol. The molecule has 1 aliphatic rings. The van der Waals surface area contributed by atoms with Crippen LogP contribution in [0.3, 0.4) is 0 Å². The maximum absolute atomic E-state index is 12.6. The van der Waals surface area contributed by atoms with Gasteiger partial charge >= 0.3 is 6.03 Å². The molecule has 1 aromatic carbocycles. The summed E-state index contributed by atoms with van der Waals surface area (Å²) in [5.74, 6) is 0.615. The van der Waals surface area contributed by atoms with E-state index in [2.05, 4.69) is 6.92 Å². The first-order valence-electron chi connectivity index (χ1n) is 6.82. The Labute approximate surface area is 109 Å². The lowest BCUT2D eigenvalue weighted by molar-refractivity contribution is 0.209. The molecule has 98 valence electrons. The van der Waals surface area contributed by atoms with E-state index in [1.54, 1.807) is 0 Å². The van der Waals surface area contributed by atoms with Crippen LogP contribution in [0.2, 0.25) is 0 Å². The minimum atomic E-state index is 0.139. The molecule has 0 bridgehead atoms. The van der Waals surface area contributed by atoms with Crippen LogP contribution in [0, 0.1) is 5.92 Å². The van der Waals surface area contributed by atoms with Crippen LogP contribution in [-0.2, 0) is 0 Å². The van der Waals surface area contributed by atoms with E-state index in [4.69, 9.17) is 0 Å². The number of hydrogen-bond acceptors (Lipinski definition) is 1. The molecule has 1 fully saturated rings. The molecule has 1 aliphatic carbocycles. The van der Waals surface area contributed by atoms with Crippen molar-refractivity contribution >= 4 is 11.7 Å². The number of hydrogen-bond donors (Lipinski definition) is 0. The first-order valence-corrected chi connectivity index (χ1v) is 6.82. The molecule has 1 aromatic rings. The standard InChI is InChI=1S/C15H22N2O/c1-4-16(5-2)15(18)17(14-11-12(14)3)13-9-7-6-8-10-13/h6-10,12,14H,4-5,11H2,1-3H3. The lowest BCUT2D eigenvalue weighted by atomic mass is 10.2. The lowest BCUT2D eigenvalue weighted by Crippen LogP contribution is -2.44. The molecule has 3 nitrogen and oxygen atoms in total. The highest BCUT2D eigenvalue weighted by Gasteiger charge is 2.42. The summed E-state index contributed by atoms with van der Waals surface area (Å²) in [7, 11) is 0. The van der Waals surface area contributed by atoms with Crippen molar-refractivity contribution in [2.75, 3.05) is 18.0 Å².